The van der Waals surface area contributed by atoms with Crippen molar-refractivity contribution in [2.24, 2.45) is 0 Å². The number of carbonyl (C=O) groups is 1. The molecule has 0 aromatic carbocycles. The Bertz CT molecular complexity index is 454. The molecule has 2 nitrogen and oxygen atoms in total. The van der Waals surface area contributed by atoms with E-state index in [1.165, 1.54) is 16.2 Å². The molecule has 0 fully saturated rings. The van der Waals surface area contributed by atoms with Crippen molar-refractivity contribution < 1.29 is 4.79 Å². The van der Waals surface area contributed by atoms with Crippen LogP contribution in [0.2, 0.25) is 0 Å². The van der Waals surface area contributed by atoms with Gasteiger partial charge < -0.3 is 0 Å². The second-order valence-corrected chi connectivity index (χ2v) is 5.65. The predicted molar refractivity (Wildman–Crippen MR) is 72.8 cm³/mol. The lowest BCUT2D eigenvalue weighted by molar-refractivity contribution is 0.0986. The van der Waals surface area contributed by atoms with Gasteiger partial charge in [-0.1, -0.05) is 6.07 Å². The summed E-state index contributed by atoms with van der Waals surface area (Å²) in [4.78, 5) is 17.8. The van der Waals surface area contributed by atoms with Crippen LogP contribution in [0.5, 0.6) is 0 Å². The van der Waals surface area contributed by atoms with Crippen molar-refractivity contribution >= 4 is 28.9 Å². The third-order valence-electron chi connectivity index (χ3n) is 2.26. The smallest absolute Gasteiger partial charge is 0.172 e. The number of nitrogens with zero attached hydrogens (tertiary/aromatic N) is 1. The lowest BCUT2D eigenvalue weighted by atomic mass is 10.2. The van der Waals surface area contributed by atoms with Gasteiger partial charge in [-0.2, -0.15) is 0 Å². The summed E-state index contributed by atoms with van der Waals surface area (Å²) in [7, 11) is 0. The van der Waals surface area contributed by atoms with E-state index >= 15 is 0 Å². The van der Waals surface area contributed by atoms with Crippen molar-refractivity contribution in [3.63, 3.8) is 0 Å². The van der Waals surface area contributed by atoms with Gasteiger partial charge in [0.2, 0.25) is 0 Å². The molecule has 2 rings (SSSR count). The Labute approximate surface area is 109 Å². The van der Waals surface area contributed by atoms with Crippen LogP contribution in [0, 0.1) is 0 Å². The van der Waals surface area contributed by atoms with Gasteiger partial charge in [0.1, 0.15) is 0 Å². The quantitative estimate of drug-likeness (QED) is 0.450. The lowest BCUT2D eigenvalue weighted by Gasteiger charge is -2.00. The summed E-state index contributed by atoms with van der Waals surface area (Å²) in [5, 5.41) is 1.94. The maximum absolute atomic E-state index is 11.7. The van der Waals surface area contributed by atoms with E-state index in [1.807, 2.05) is 29.6 Å². The predicted octanol–water partition coefficient (Wildman–Crippen LogP) is 3.90. The molecule has 17 heavy (non-hydrogen) atoms. The minimum absolute atomic E-state index is 0.260. The van der Waals surface area contributed by atoms with Crippen molar-refractivity contribution in [1.82, 2.24) is 4.98 Å². The van der Waals surface area contributed by atoms with E-state index in [2.05, 4.69) is 4.98 Å². The number of thioether (sulfide) groups is 1. The van der Waals surface area contributed by atoms with Gasteiger partial charge in [-0.15, -0.1) is 23.1 Å². The number of thiophene rings is 1. The summed E-state index contributed by atoms with van der Waals surface area (Å²) in [6.45, 7) is 0. The largest absolute Gasteiger partial charge is 0.293 e. The molecule has 0 aliphatic carbocycles. The minimum atomic E-state index is 0.260. The van der Waals surface area contributed by atoms with Gasteiger partial charge in [0, 0.05) is 23.7 Å². The third kappa shape index (κ3) is 3.98. The van der Waals surface area contributed by atoms with E-state index in [1.54, 1.807) is 24.2 Å². The Kier molecular flexibility index (Phi) is 4.76. The number of rotatable bonds is 6. The first-order valence-electron chi connectivity index (χ1n) is 5.46. The van der Waals surface area contributed by atoms with E-state index in [9.17, 15) is 4.79 Å². The van der Waals surface area contributed by atoms with Crippen molar-refractivity contribution in [2.45, 2.75) is 17.7 Å². The fraction of sp³-hybridized carbons (Fsp3) is 0.231. The van der Waals surface area contributed by atoms with Crippen LogP contribution in [-0.2, 0) is 0 Å². The molecule has 0 bridgehead atoms. The number of aromatic nitrogens is 1. The van der Waals surface area contributed by atoms with Crippen LogP contribution < -0.4 is 0 Å². The number of ketones is 1. The average Bonchev–Trinajstić information content (AvgIpc) is 2.89. The molecule has 2 heterocycles. The average molecular weight is 263 g/mol. The molecule has 0 unspecified atom stereocenters. The van der Waals surface area contributed by atoms with Crippen LogP contribution in [0.4, 0.5) is 0 Å². The number of pyridine rings is 1. The fourth-order valence-electron chi connectivity index (χ4n) is 1.42. The summed E-state index contributed by atoms with van der Waals surface area (Å²) >= 11 is 3.29. The maximum Gasteiger partial charge on any atom is 0.172 e. The Morgan fingerprint density at radius 2 is 2.12 bits per heavy atom. The monoisotopic (exact) mass is 263 g/mol. The maximum atomic E-state index is 11.7. The van der Waals surface area contributed by atoms with Crippen molar-refractivity contribution in [1.29, 1.82) is 0 Å². The van der Waals surface area contributed by atoms with Gasteiger partial charge in [-0.05, 0) is 35.8 Å². The second kappa shape index (κ2) is 6.57. The zero-order chi connectivity index (χ0) is 11.9. The Morgan fingerprint density at radius 1 is 1.29 bits per heavy atom. The van der Waals surface area contributed by atoms with E-state index in [4.69, 9.17) is 0 Å². The van der Waals surface area contributed by atoms with Crippen LogP contribution in [0.3, 0.4) is 0 Å². The highest BCUT2D eigenvalue weighted by Gasteiger charge is 2.05. The molecule has 0 amide bonds. The van der Waals surface area contributed by atoms with Crippen LogP contribution >= 0.6 is 23.1 Å². The Hall–Kier alpha value is -1.13. The molecular formula is C13H13NOS2. The summed E-state index contributed by atoms with van der Waals surface area (Å²) in [5.41, 5.74) is 0. The van der Waals surface area contributed by atoms with Crippen LogP contribution in [0.25, 0.3) is 0 Å². The molecule has 4 heteroatoms. The number of hydrogen-bond acceptors (Lipinski definition) is 4. The molecule has 0 saturated heterocycles. The summed E-state index contributed by atoms with van der Waals surface area (Å²) in [6.07, 6.45) is 5.14. The molecule has 88 valence electrons. The molecule has 0 saturated carbocycles. The van der Waals surface area contributed by atoms with E-state index < -0.39 is 0 Å². The first-order valence-corrected chi connectivity index (χ1v) is 7.32. The van der Waals surface area contributed by atoms with Crippen LogP contribution in [-0.4, -0.2) is 16.5 Å². The van der Waals surface area contributed by atoms with E-state index in [0.29, 0.717) is 6.42 Å². The Morgan fingerprint density at radius 3 is 2.82 bits per heavy atom. The summed E-state index contributed by atoms with van der Waals surface area (Å²) in [6, 6.07) is 7.80. The highest BCUT2D eigenvalue weighted by atomic mass is 32.2. The minimum Gasteiger partial charge on any atom is -0.293 e. The topological polar surface area (TPSA) is 30.0 Å². The number of hydrogen-bond donors (Lipinski definition) is 0. The van der Waals surface area contributed by atoms with Crippen molar-refractivity contribution in [3.8, 4) is 0 Å². The Balaban J connectivity index is 1.69. The lowest BCUT2D eigenvalue weighted by Crippen LogP contribution is -1.96. The van der Waals surface area contributed by atoms with Gasteiger partial charge in [-0.3, -0.25) is 9.78 Å². The highest BCUT2D eigenvalue weighted by molar-refractivity contribution is 7.99. The van der Waals surface area contributed by atoms with Gasteiger partial charge in [-0.25, -0.2) is 0 Å². The van der Waals surface area contributed by atoms with Gasteiger partial charge in [0.25, 0.3) is 0 Å². The molecule has 0 radical (unpaired) electrons. The summed E-state index contributed by atoms with van der Waals surface area (Å²) in [5.74, 6) is 1.23. The SMILES string of the molecule is O=C(CCCSc1ccncc1)c1cccs1. The fourth-order valence-corrected chi connectivity index (χ4v) is 2.95. The first kappa shape index (κ1) is 12.3. The number of carbonyl (C=O) groups excluding carboxylic acids is 1. The van der Waals surface area contributed by atoms with E-state index in [-0.39, 0.29) is 5.78 Å². The normalized spacial score (nSPS) is 10.4. The molecule has 2 aromatic rings. The molecule has 0 spiro atoms. The van der Waals surface area contributed by atoms with Crippen LogP contribution in [0.15, 0.2) is 46.9 Å². The summed E-state index contributed by atoms with van der Waals surface area (Å²) < 4.78 is 0. The van der Waals surface area contributed by atoms with Crippen LogP contribution in [0.1, 0.15) is 22.5 Å². The second-order valence-electron chi connectivity index (χ2n) is 3.54. The van der Waals surface area contributed by atoms with Gasteiger partial charge in [0.05, 0.1) is 4.88 Å². The zero-order valence-corrected chi connectivity index (χ0v) is 11.0. The first-order chi connectivity index (χ1) is 8.36. The standard InChI is InChI=1S/C13H13NOS2/c15-12(13-4-2-10-17-13)3-1-9-16-11-5-7-14-8-6-11/h2,4-8,10H,1,3,9H2. The third-order valence-corrected chi connectivity index (χ3v) is 4.27. The molecular weight excluding hydrogens is 250 g/mol. The molecule has 2 aromatic heterocycles. The molecule has 0 atom stereocenters. The highest BCUT2D eigenvalue weighted by Crippen LogP contribution is 2.19. The molecule has 0 aliphatic rings. The van der Waals surface area contributed by atoms with Gasteiger partial charge >= 0.3 is 0 Å². The molecule has 0 N–H and O–H groups in total. The van der Waals surface area contributed by atoms with Gasteiger partial charge in [0.15, 0.2) is 5.78 Å². The van der Waals surface area contributed by atoms with Crippen molar-refractivity contribution in [3.05, 3.63) is 46.9 Å². The number of Topliss-reactive ketones (excluding diaryl/α,β-unsaturated/α-hetero) is 1. The van der Waals surface area contributed by atoms with Crippen molar-refractivity contribution in [2.75, 3.05) is 5.75 Å². The molecule has 0 aliphatic heterocycles. The zero-order valence-electron chi connectivity index (χ0n) is 9.33. The van der Waals surface area contributed by atoms with E-state index in [0.717, 1.165) is 17.1 Å².